The van der Waals surface area contributed by atoms with Gasteiger partial charge in [0, 0.05) is 5.92 Å². The van der Waals surface area contributed by atoms with Crippen molar-refractivity contribution in [2.45, 2.75) is 53.4 Å². The van der Waals surface area contributed by atoms with Crippen molar-refractivity contribution in [1.29, 1.82) is 0 Å². The summed E-state index contributed by atoms with van der Waals surface area (Å²) in [5.74, 6) is 0.277. The van der Waals surface area contributed by atoms with Crippen LogP contribution in [0.2, 0.25) is 0 Å². The van der Waals surface area contributed by atoms with Crippen LogP contribution in [0.25, 0.3) is 0 Å². The monoisotopic (exact) mass is 246 g/mol. The molecule has 1 unspecified atom stereocenters. The summed E-state index contributed by atoms with van der Waals surface area (Å²) < 4.78 is 0. The molecule has 0 saturated carbocycles. The van der Waals surface area contributed by atoms with Crippen LogP contribution < -0.4 is 0 Å². The molecule has 0 spiro atoms. The first-order chi connectivity index (χ1) is 8.32. The second kappa shape index (κ2) is 6.17. The predicted molar refractivity (Wildman–Crippen MR) is 78.5 cm³/mol. The van der Waals surface area contributed by atoms with Gasteiger partial charge in [-0.3, -0.25) is 4.79 Å². The minimum absolute atomic E-state index is 0.0270. The molecule has 0 radical (unpaired) electrons. The Labute approximate surface area is 112 Å². The Hall–Kier alpha value is -1.11. The SMILES string of the molecule is C=C1C/C=C/C(C)(C)C/C=C(/C)CCC1C(C)=O. The van der Waals surface area contributed by atoms with Gasteiger partial charge in [-0.1, -0.05) is 49.8 Å². The molecule has 0 saturated heterocycles. The highest BCUT2D eigenvalue weighted by Crippen LogP contribution is 2.29. The van der Waals surface area contributed by atoms with Gasteiger partial charge in [0.1, 0.15) is 5.78 Å². The van der Waals surface area contributed by atoms with Gasteiger partial charge in [0.05, 0.1) is 0 Å². The molecule has 0 heterocycles. The first kappa shape index (κ1) is 14.9. The second-order valence-electron chi connectivity index (χ2n) is 6.21. The Morgan fingerprint density at radius 3 is 2.72 bits per heavy atom. The van der Waals surface area contributed by atoms with Crippen LogP contribution >= 0.6 is 0 Å². The third-order valence-corrected chi connectivity index (χ3v) is 3.74. The summed E-state index contributed by atoms with van der Waals surface area (Å²) in [7, 11) is 0. The Bertz CT molecular complexity index is 382. The van der Waals surface area contributed by atoms with Crippen molar-refractivity contribution < 1.29 is 4.79 Å². The zero-order chi connectivity index (χ0) is 13.8. The van der Waals surface area contributed by atoms with E-state index >= 15 is 0 Å². The van der Waals surface area contributed by atoms with E-state index in [1.807, 2.05) is 0 Å². The van der Waals surface area contributed by atoms with E-state index in [0.29, 0.717) is 0 Å². The van der Waals surface area contributed by atoms with Gasteiger partial charge < -0.3 is 0 Å². The van der Waals surface area contributed by atoms with Crippen molar-refractivity contribution in [1.82, 2.24) is 0 Å². The molecular weight excluding hydrogens is 220 g/mol. The van der Waals surface area contributed by atoms with Crippen molar-refractivity contribution >= 4 is 5.78 Å². The van der Waals surface area contributed by atoms with Gasteiger partial charge in [0.2, 0.25) is 0 Å². The first-order valence-corrected chi connectivity index (χ1v) is 6.83. The zero-order valence-corrected chi connectivity index (χ0v) is 12.3. The fourth-order valence-electron chi connectivity index (χ4n) is 2.35. The average Bonchev–Trinajstić information content (AvgIpc) is 2.27. The molecule has 1 nitrogen and oxygen atoms in total. The number of Topliss-reactive ketones (excluding diaryl/α,β-unsaturated/α-hetero) is 1. The highest BCUT2D eigenvalue weighted by molar-refractivity contribution is 5.81. The predicted octanol–water partition coefficient (Wildman–Crippen LogP) is 4.85. The van der Waals surface area contributed by atoms with Gasteiger partial charge in [-0.05, 0) is 44.9 Å². The van der Waals surface area contributed by atoms with Crippen LogP contribution in [0.4, 0.5) is 0 Å². The van der Waals surface area contributed by atoms with E-state index in [1.165, 1.54) is 5.57 Å². The molecule has 1 heteroatoms. The van der Waals surface area contributed by atoms with Crippen molar-refractivity contribution in [3.05, 3.63) is 36.0 Å². The molecule has 0 aromatic carbocycles. The van der Waals surface area contributed by atoms with Gasteiger partial charge in [0.15, 0.2) is 0 Å². The summed E-state index contributed by atoms with van der Waals surface area (Å²) in [6, 6.07) is 0. The summed E-state index contributed by atoms with van der Waals surface area (Å²) in [6.07, 6.45) is 10.5. The Kier molecular flexibility index (Phi) is 5.13. The van der Waals surface area contributed by atoms with Gasteiger partial charge >= 0.3 is 0 Å². The smallest absolute Gasteiger partial charge is 0.136 e. The zero-order valence-electron chi connectivity index (χ0n) is 12.3. The average molecular weight is 246 g/mol. The Morgan fingerprint density at radius 2 is 2.11 bits per heavy atom. The number of ketones is 1. The van der Waals surface area contributed by atoms with Gasteiger partial charge in [0.25, 0.3) is 0 Å². The molecule has 1 rings (SSSR count). The molecule has 18 heavy (non-hydrogen) atoms. The van der Waals surface area contributed by atoms with Crippen molar-refractivity contribution in [3.8, 4) is 0 Å². The Morgan fingerprint density at radius 1 is 1.44 bits per heavy atom. The first-order valence-electron chi connectivity index (χ1n) is 6.83. The van der Waals surface area contributed by atoms with Crippen molar-refractivity contribution in [3.63, 3.8) is 0 Å². The molecule has 1 aliphatic rings. The van der Waals surface area contributed by atoms with Crippen LogP contribution in [0.15, 0.2) is 36.0 Å². The van der Waals surface area contributed by atoms with Crippen LogP contribution in [0.5, 0.6) is 0 Å². The third-order valence-electron chi connectivity index (χ3n) is 3.74. The number of hydrogen-bond acceptors (Lipinski definition) is 1. The number of allylic oxidation sites excluding steroid dienone is 5. The molecular formula is C17H26O. The molecule has 0 N–H and O–H groups in total. The third kappa shape index (κ3) is 4.64. The lowest BCUT2D eigenvalue weighted by Gasteiger charge is -2.18. The van der Waals surface area contributed by atoms with Crippen LogP contribution in [0.1, 0.15) is 53.4 Å². The summed E-state index contributed by atoms with van der Waals surface area (Å²) >= 11 is 0. The largest absolute Gasteiger partial charge is 0.299 e. The lowest BCUT2D eigenvalue weighted by Crippen LogP contribution is -2.13. The van der Waals surface area contributed by atoms with Crippen LogP contribution in [0, 0.1) is 11.3 Å². The maximum atomic E-state index is 11.7. The van der Waals surface area contributed by atoms with Gasteiger partial charge in [-0.2, -0.15) is 0 Å². The van der Waals surface area contributed by atoms with Gasteiger partial charge in [-0.25, -0.2) is 0 Å². The number of hydrogen-bond donors (Lipinski definition) is 0. The van der Waals surface area contributed by atoms with E-state index in [4.69, 9.17) is 0 Å². The number of carbonyl (C=O) groups is 1. The standard InChI is InChI=1S/C17H26O/c1-13-8-9-16(15(3)18)14(2)7-6-11-17(4,5)12-10-13/h6,10-11,16H,2,7-9,12H2,1,3-5H3/b11-6+,13-10-. The minimum atomic E-state index is 0.0270. The summed E-state index contributed by atoms with van der Waals surface area (Å²) in [6.45, 7) is 12.4. The lowest BCUT2D eigenvalue weighted by molar-refractivity contribution is -0.119. The maximum absolute atomic E-state index is 11.7. The molecule has 0 aromatic heterocycles. The molecule has 0 bridgehead atoms. The quantitative estimate of drug-likeness (QED) is 0.604. The molecule has 0 amide bonds. The number of rotatable bonds is 1. The van der Waals surface area contributed by atoms with E-state index in [-0.39, 0.29) is 17.1 Å². The van der Waals surface area contributed by atoms with Crippen LogP contribution in [0.3, 0.4) is 0 Å². The minimum Gasteiger partial charge on any atom is -0.299 e. The molecule has 0 fully saturated rings. The fraction of sp³-hybridized carbons (Fsp3) is 0.588. The van der Waals surface area contributed by atoms with Gasteiger partial charge in [-0.15, -0.1) is 0 Å². The van der Waals surface area contributed by atoms with Crippen molar-refractivity contribution in [2.24, 2.45) is 11.3 Å². The Balaban J connectivity index is 2.92. The van der Waals surface area contributed by atoms with Crippen LogP contribution in [-0.2, 0) is 4.79 Å². The fourth-order valence-corrected chi connectivity index (χ4v) is 2.35. The summed E-state index contributed by atoms with van der Waals surface area (Å²) in [5, 5.41) is 0. The van der Waals surface area contributed by atoms with E-state index < -0.39 is 0 Å². The van der Waals surface area contributed by atoms with E-state index in [9.17, 15) is 4.79 Å². The maximum Gasteiger partial charge on any atom is 0.136 e. The normalized spacial score (nSPS) is 29.9. The summed E-state index contributed by atoms with van der Waals surface area (Å²) in [4.78, 5) is 11.7. The molecule has 100 valence electrons. The highest BCUT2D eigenvalue weighted by Gasteiger charge is 2.19. The van der Waals surface area contributed by atoms with Crippen molar-refractivity contribution in [2.75, 3.05) is 0 Å². The highest BCUT2D eigenvalue weighted by atomic mass is 16.1. The van der Waals surface area contributed by atoms with E-state index in [0.717, 1.165) is 31.3 Å². The topological polar surface area (TPSA) is 17.1 Å². The molecule has 0 aliphatic heterocycles. The number of carbonyl (C=O) groups excluding carboxylic acids is 1. The second-order valence-corrected chi connectivity index (χ2v) is 6.21. The van der Waals surface area contributed by atoms with E-state index in [2.05, 4.69) is 45.6 Å². The van der Waals surface area contributed by atoms with Crippen LogP contribution in [-0.4, -0.2) is 5.78 Å². The summed E-state index contributed by atoms with van der Waals surface area (Å²) in [5.41, 5.74) is 2.64. The molecule has 1 atom stereocenters. The molecule has 1 aliphatic carbocycles. The lowest BCUT2D eigenvalue weighted by atomic mass is 9.87. The molecule has 0 aromatic rings. The van der Waals surface area contributed by atoms with E-state index in [1.54, 1.807) is 6.92 Å².